The van der Waals surface area contributed by atoms with Crippen molar-refractivity contribution in [2.75, 3.05) is 18.5 Å². The summed E-state index contributed by atoms with van der Waals surface area (Å²) in [5, 5.41) is 3.45. The molecule has 0 saturated heterocycles. The van der Waals surface area contributed by atoms with Crippen molar-refractivity contribution in [1.29, 1.82) is 0 Å². The van der Waals surface area contributed by atoms with Gasteiger partial charge in [0.25, 0.3) is 0 Å². The molecule has 5 rings (SSSR count). The van der Waals surface area contributed by atoms with E-state index < -0.39 is 6.04 Å². The van der Waals surface area contributed by atoms with Gasteiger partial charge in [0, 0.05) is 0 Å². The lowest BCUT2D eigenvalue weighted by molar-refractivity contribution is -0.138. The Kier molecular flexibility index (Phi) is 6.53. The van der Waals surface area contributed by atoms with Crippen molar-refractivity contribution in [1.82, 2.24) is 9.55 Å². The number of hydrogen-bond donors (Lipinski definition) is 1. The topological polar surface area (TPSA) is 65.4 Å². The normalized spacial score (nSPS) is 15.0. The van der Waals surface area contributed by atoms with Crippen molar-refractivity contribution >= 4 is 28.6 Å². The molecule has 3 aromatic carbocycles. The van der Waals surface area contributed by atoms with Crippen LogP contribution in [-0.2, 0) is 9.53 Å². The van der Waals surface area contributed by atoms with Crippen molar-refractivity contribution < 1.29 is 14.3 Å². The van der Waals surface area contributed by atoms with Gasteiger partial charge in [-0.3, -0.25) is 4.57 Å². The van der Waals surface area contributed by atoms with Gasteiger partial charge in [0.05, 0.1) is 41.6 Å². The van der Waals surface area contributed by atoms with Crippen LogP contribution in [0.1, 0.15) is 43.9 Å². The Morgan fingerprint density at radius 3 is 2.60 bits per heavy atom. The van der Waals surface area contributed by atoms with Crippen LogP contribution in [0.25, 0.3) is 16.7 Å². The number of carbonyl (C=O) groups is 1. The number of para-hydroxylation sites is 2. The number of rotatable bonds is 8. The Labute approximate surface area is 205 Å². The lowest BCUT2D eigenvalue weighted by Crippen LogP contribution is -2.29. The number of imidazole rings is 1. The Morgan fingerprint density at radius 1 is 1.00 bits per heavy atom. The zero-order valence-electron chi connectivity index (χ0n) is 20.0. The van der Waals surface area contributed by atoms with Crippen LogP contribution in [0, 0.1) is 0 Å². The number of nitrogens with one attached hydrogen (secondary N) is 1. The van der Waals surface area contributed by atoms with Gasteiger partial charge in [-0.2, -0.15) is 0 Å². The predicted octanol–water partition coefficient (Wildman–Crippen LogP) is 6.20. The van der Waals surface area contributed by atoms with E-state index in [4.69, 9.17) is 14.5 Å². The summed E-state index contributed by atoms with van der Waals surface area (Å²) in [6.45, 7) is 4.91. The fourth-order valence-corrected chi connectivity index (χ4v) is 4.52. The van der Waals surface area contributed by atoms with E-state index in [1.807, 2.05) is 85.8 Å². The Morgan fingerprint density at radius 2 is 1.80 bits per heavy atom. The van der Waals surface area contributed by atoms with Crippen LogP contribution in [0.5, 0.6) is 5.75 Å². The maximum absolute atomic E-state index is 13.5. The number of fused-ring (bicyclic) bond motifs is 3. The summed E-state index contributed by atoms with van der Waals surface area (Å²) in [5.41, 5.74) is 4.86. The van der Waals surface area contributed by atoms with E-state index in [0.29, 0.717) is 23.8 Å². The van der Waals surface area contributed by atoms with E-state index >= 15 is 0 Å². The molecule has 6 nitrogen and oxygen atoms in total. The van der Waals surface area contributed by atoms with Gasteiger partial charge in [-0.1, -0.05) is 67.9 Å². The van der Waals surface area contributed by atoms with Gasteiger partial charge in [-0.15, -0.1) is 0 Å². The molecule has 0 fully saturated rings. The van der Waals surface area contributed by atoms with Crippen molar-refractivity contribution in [2.45, 2.75) is 32.7 Å². The summed E-state index contributed by atoms with van der Waals surface area (Å²) in [4.78, 5) is 18.4. The Balaban J connectivity index is 1.74. The molecule has 35 heavy (non-hydrogen) atoms. The average Bonchev–Trinajstić information content (AvgIpc) is 3.27. The molecule has 0 aliphatic carbocycles. The number of aromatic nitrogens is 2. The van der Waals surface area contributed by atoms with Crippen LogP contribution in [0.4, 0.5) is 5.95 Å². The minimum absolute atomic E-state index is 0.287. The van der Waals surface area contributed by atoms with E-state index in [-0.39, 0.29) is 12.6 Å². The van der Waals surface area contributed by atoms with Crippen LogP contribution >= 0.6 is 0 Å². The van der Waals surface area contributed by atoms with Crippen LogP contribution in [0.15, 0.2) is 84.4 Å². The standard InChI is InChI=1S/C29H29N3O3/c1-3-5-18-35-22-15-11-14-21(19-22)27-25(28(33)34-4-2)26(20-12-7-6-8-13-20)31-29-30-23-16-9-10-17-24(23)32(27)29/h6-17,19,27H,3-5,18H2,1-2H3,(H,30,31). The fourth-order valence-electron chi connectivity index (χ4n) is 4.52. The summed E-state index contributed by atoms with van der Waals surface area (Å²) in [5.74, 6) is 1.11. The van der Waals surface area contributed by atoms with Gasteiger partial charge in [-0.25, -0.2) is 9.78 Å². The number of unbranched alkanes of at least 4 members (excludes halogenated alkanes) is 1. The highest BCUT2D eigenvalue weighted by Gasteiger charge is 2.36. The molecule has 2 heterocycles. The van der Waals surface area contributed by atoms with Crippen LogP contribution in [0.3, 0.4) is 0 Å². The van der Waals surface area contributed by atoms with Crippen LogP contribution in [-0.4, -0.2) is 28.7 Å². The molecular formula is C29H29N3O3. The predicted molar refractivity (Wildman–Crippen MR) is 138 cm³/mol. The molecule has 178 valence electrons. The summed E-state index contributed by atoms with van der Waals surface area (Å²) < 4.78 is 13.7. The van der Waals surface area contributed by atoms with E-state index in [2.05, 4.69) is 16.8 Å². The summed E-state index contributed by atoms with van der Waals surface area (Å²) in [7, 11) is 0. The molecule has 0 spiro atoms. The number of ether oxygens (including phenoxy) is 2. The highest BCUT2D eigenvalue weighted by atomic mass is 16.5. The summed E-state index contributed by atoms with van der Waals surface area (Å²) in [6, 6.07) is 25.4. The largest absolute Gasteiger partial charge is 0.494 e. The zero-order valence-corrected chi connectivity index (χ0v) is 20.0. The zero-order chi connectivity index (χ0) is 24.2. The minimum atomic E-state index is -0.442. The number of anilines is 1. The van der Waals surface area contributed by atoms with Crippen LogP contribution < -0.4 is 10.1 Å². The molecule has 1 atom stereocenters. The highest BCUT2D eigenvalue weighted by Crippen LogP contribution is 2.42. The quantitative estimate of drug-likeness (QED) is 0.247. The molecular weight excluding hydrogens is 438 g/mol. The molecule has 6 heteroatoms. The van der Waals surface area contributed by atoms with E-state index in [1.54, 1.807) is 0 Å². The van der Waals surface area contributed by atoms with Gasteiger partial charge >= 0.3 is 5.97 Å². The second-order valence-electron chi connectivity index (χ2n) is 8.47. The SMILES string of the molecule is CCCCOc1cccc(C2C(C(=O)OCC)=C(c3ccccc3)Nc3nc4ccccc4n32)c1. The van der Waals surface area contributed by atoms with E-state index in [9.17, 15) is 4.79 Å². The lowest BCUT2D eigenvalue weighted by Gasteiger charge is -2.31. The molecule has 4 aromatic rings. The smallest absolute Gasteiger partial charge is 0.338 e. The van der Waals surface area contributed by atoms with Gasteiger partial charge in [-0.05, 0) is 48.7 Å². The fraction of sp³-hybridized carbons (Fsp3) is 0.241. The lowest BCUT2D eigenvalue weighted by atomic mass is 9.92. The second kappa shape index (κ2) is 10.1. The minimum Gasteiger partial charge on any atom is -0.494 e. The summed E-state index contributed by atoms with van der Waals surface area (Å²) in [6.07, 6.45) is 2.05. The van der Waals surface area contributed by atoms with Gasteiger partial charge in [0.1, 0.15) is 5.75 Å². The molecule has 0 saturated carbocycles. The summed E-state index contributed by atoms with van der Waals surface area (Å²) >= 11 is 0. The number of nitrogens with zero attached hydrogens (tertiary/aromatic N) is 2. The van der Waals surface area contributed by atoms with Gasteiger partial charge < -0.3 is 14.8 Å². The molecule has 1 unspecified atom stereocenters. The van der Waals surface area contributed by atoms with Crippen molar-refractivity contribution in [3.8, 4) is 5.75 Å². The van der Waals surface area contributed by atoms with E-state index in [1.165, 1.54) is 0 Å². The van der Waals surface area contributed by atoms with E-state index in [0.717, 1.165) is 40.8 Å². The van der Waals surface area contributed by atoms with Crippen LogP contribution in [0.2, 0.25) is 0 Å². The molecule has 0 radical (unpaired) electrons. The maximum atomic E-state index is 13.5. The number of hydrogen-bond acceptors (Lipinski definition) is 5. The first-order valence-electron chi connectivity index (χ1n) is 12.1. The van der Waals surface area contributed by atoms with Crippen molar-refractivity contribution in [3.05, 3.63) is 95.6 Å². The molecule has 1 N–H and O–H groups in total. The first kappa shape index (κ1) is 22.7. The number of carbonyl (C=O) groups excluding carboxylic acids is 1. The maximum Gasteiger partial charge on any atom is 0.338 e. The number of benzene rings is 3. The average molecular weight is 468 g/mol. The molecule has 1 aromatic heterocycles. The molecule has 1 aliphatic heterocycles. The van der Waals surface area contributed by atoms with Gasteiger partial charge in [0.2, 0.25) is 5.95 Å². The first-order valence-corrected chi connectivity index (χ1v) is 12.1. The Bertz CT molecular complexity index is 1370. The number of esters is 1. The van der Waals surface area contributed by atoms with Crippen molar-refractivity contribution in [3.63, 3.8) is 0 Å². The monoisotopic (exact) mass is 467 g/mol. The van der Waals surface area contributed by atoms with Gasteiger partial charge in [0.15, 0.2) is 0 Å². The molecule has 1 aliphatic rings. The third kappa shape index (κ3) is 4.39. The molecule has 0 bridgehead atoms. The molecule has 0 amide bonds. The first-order chi connectivity index (χ1) is 17.2. The Hall–Kier alpha value is -4.06. The van der Waals surface area contributed by atoms with Crippen molar-refractivity contribution in [2.24, 2.45) is 0 Å². The third-order valence-electron chi connectivity index (χ3n) is 6.13. The second-order valence-corrected chi connectivity index (χ2v) is 8.47. The third-order valence-corrected chi connectivity index (χ3v) is 6.13. The highest BCUT2D eigenvalue weighted by molar-refractivity contribution is 6.03.